The van der Waals surface area contributed by atoms with Crippen molar-refractivity contribution in [2.45, 2.75) is 13.5 Å². The van der Waals surface area contributed by atoms with E-state index in [2.05, 4.69) is 58.9 Å². The van der Waals surface area contributed by atoms with Crippen LogP contribution < -0.4 is 20.3 Å². The Morgan fingerprint density at radius 3 is 2.57 bits per heavy atom. The van der Waals surface area contributed by atoms with Crippen molar-refractivity contribution < 1.29 is 4.74 Å². The van der Waals surface area contributed by atoms with Crippen LogP contribution >= 0.6 is 24.0 Å². The van der Waals surface area contributed by atoms with Crippen LogP contribution in [0, 0.1) is 0 Å². The maximum absolute atomic E-state index is 5.71. The van der Waals surface area contributed by atoms with E-state index >= 15 is 0 Å². The predicted molar refractivity (Wildman–Crippen MR) is 128 cm³/mol. The summed E-state index contributed by atoms with van der Waals surface area (Å²) in [5.74, 6) is 1.69. The van der Waals surface area contributed by atoms with Crippen LogP contribution in [0.1, 0.15) is 12.5 Å². The minimum atomic E-state index is 0. The van der Waals surface area contributed by atoms with E-state index in [1.165, 1.54) is 11.3 Å². The summed E-state index contributed by atoms with van der Waals surface area (Å²) < 4.78 is 5.71. The molecule has 0 radical (unpaired) electrons. The number of rotatable bonds is 8. The molecule has 1 heterocycles. The Hall–Kier alpha value is -2.22. The van der Waals surface area contributed by atoms with Crippen LogP contribution in [0.4, 0.5) is 5.69 Å². The molecule has 0 aromatic heterocycles. The van der Waals surface area contributed by atoms with E-state index in [4.69, 9.17) is 9.73 Å². The molecular formula is C22H29IN4O. The topological polar surface area (TPSA) is 48.9 Å². The maximum atomic E-state index is 5.71. The summed E-state index contributed by atoms with van der Waals surface area (Å²) in [7, 11) is 0. The Kier molecular flexibility index (Phi) is 9.68. The first-order valence-corrected chi connectivity index (χ1v) is 9.54. The first-order valence-electron chi connectivity index (χ1n) is 9.54. The SMILES string of the molecule is CCNC(=NCc1cccc(N2CC=CC2)c1)NCCOc1ccccc1.I. The van der Waals surface area contributed by atoms with Gasteiger partial charge < -0.3 is 20.3 Å². The molecule has 0 atom stereocenters. The van der Waals surface area contributed by atoms with Crippen LogP contribution in [0.25, 0.3) is 0 Å². The molecular weight excluding hydrogens is 463 g/mol. The van der Waals surface area contributed by atoms with Crippen LogP contribution in [0.3, 0.4) is 0 Å². The molecule has 0 saturated carbocycles. The molecule has 0 unspecified atom stereocenters. The lowest BCUT2D eigenvalue weighted by Gasteiger charge is -2.18. The first kappa shape index (κ1) is 22.1. The Morgan fingerprint density at radius 1 is 1.04 bits per heavy atom. The zero-order chi connectivity index (χ0) is 18.7. The molecule has 0 amide bonds. The number of anilines is 1. The Balaban J connectivity index is 0.00000280. The van der Waals surface area contributed by atoms with Crippen LogP contribution in [0.15, 0.2) is 71.7 Å². The van der Waals surface area contributed by atoms with Crippen LogP contribution in [-0.2, 0) is 6.54 Å². The van der Waals surface area contributed by atoms with E-state index in [-0.39, 0.29) is 24.0 Å². The van der Waals surface area contributed by atoms with Gasteiger partial charge in [-0.05, 0) is 36.8 Å². The van der Waals surface area contributed by atoms with Crippen molar-refractivity contribution in [3.63, 3.8) is 0 Å². The summed E-state index contributed by atoms with van der Waals surface area (Å²) in [6, 6.07) is 18.5. The fourth-order valence-corrected chi connectivity index (χ4v) is 2.91. The van der Waals surface area contributed by atoms with E-state index in [0.29, 0.717) is 19.7 Å². The maximum Gasteiger partial charge on any atom is 0.191 e. The number of hydrogen-bond acceptors (Lipinski definition) is 3. The summed E-state index contributed by atoms with van der Waals surface area (Å²) >= 11 is 0. The highest BCUT2D eigenvalue weighted by atomic mass is 127. The standard InChI is InChI=1S/C22H28N4O.HI/c1-2-23-22(24-13-16-27-21-11-4-3-5-12-21)25-18-19-9-8-10-20(17-19)26-14-6-7-15-26;/h3-12,17H,2,13-16,18H2,1H3,(H2,23,24,25);1H. The van der Waals surface area contributed by atoms with Gasteiger partial charge in [0.15, 0.2) is 5.96 Å². The van der Waals surface area contributed by atoms with Gasteiger partial charge in [0.25, 0.3) is 0 Å². The van der Waals surface area contributed by atoms with Crippen LogP contribution in [0.2, 0.25) is 0 Å². The van der Waals surface area contributed by atoms with E-state index in [0.717, 1.165) is 31.3 Å². The van der Waals surface area contributed by atoms with E-state index < -0.39 is 0 Å². The average molecular weight is 492 g/mol. The highest BCUT2D eigenvalue weighted by Gasteiger charge is 2.07. The summed E-state index contributed by atoms with van der Waals surface area (Å²) in [6.45, 7) is 6.79. The van der Waals surface area contributed by atoms with Gasteiger partial charge in [-0.25, -0.2) is 4.99 Å². The number of benzene rings is 2. The molecule has 2 N–H and O–H groups in total. The number of hydrogen-bond donors (Lipinski definition) is 2. The molecule has 2 aromatic carbocycles. The van der Waals surface area contributed by atoms with Crippen molar-refractivity contribution in [2.75, 3.05) is 37.7 Å². The predicted octanol–water partition coefficient (Wildman–Crippen LogP) is 3.81. The first-order chi connectivity index (χ1) is 13.3. The molecule has 3 rings (SSSR count). The van der Waals surface area contributed by atoms with E-state index in [1.54, 1.807) is 0 Å². The number of ether oxygens (including phenoxy) is 1. The number of aliphatic imine (C=N–C) groups is 1. The summed E-state index contributed by atoms with van der Waals surface area (Å²) in [4.78, 5) is 7.05. The lowest BCUT2D eigenvalue weighted by Crippen LogP contribution is -2.39. The fraction of sp³-hybridized carbons (Fsp3) is 0.318. The number of nitrogens with one attached hydrogen (secondary N) is 2. The lowest BCUT2D eigenvalue weighted by atomic mass is 10.2. The highest BCUT2D eigenvalue weighted by molar-refractivity contribution is 14.0. The van der Waals surface area contributed by atoms with Gasteiger partial charge >= 0.3 is 0 Å². The molecule has 0 bridgehead atoms. The largest absolute Gasteiger partial charge is 0.492 e. The zero-order valence-electron chi connectivity index (χ0n) is 16.3. The van der Waals surface area contributed by atoms with Crippen LogP contribution in [0.5, 0.6) is 5.75 Å². The second kappa shape index (κ2) is 12.3. The number of para-hydroxylation sites is 1. The lowest BCUT2D eigenvalue weighted by molar-refractivity contribution is 0.322. The van der Waals surface area contributed by atoms with Gasteiger partial charge in [-0.15, -0.1) is 24.0 Å². The van der Waals surface area contributed by atoms with E-state index in [9.17, 15) is 0 Å². The van der Waals surface area contributed by atoms with Crippen molar-refractivity contribution in [3.05, 3.63) is 72.3 Å². The third-order valence-corrected chi connectivity index (χ3v) is 4.26. The minimum Gasteiger partial charge on any atom is -0.492 e. The molecule has 150 valence electrons. The second-order valence-corrected chi connectivity index (χ2v) is 6.33. The van der Waals surface area contributed by atoms with Gasteiger partial charge in [-0.2, -0.15) is 0 Å². The van der Waals surface area contributed by atoms with Gasteiger partial charge in [0, 0.05) is 25.3 Å². The third kappa shape index (κ3) is 7.07. The van der Waals surface area contributed by atoms with Gasteiger partial charge in [0.1, 0.15) is 12.4 Å². The van der Waals surface area contributed by atoms with Gasteiger partial charge in [0.2, 0.25) is 0 Å². The highest BCUT2D eigenvalue weighted by Crippen LogP contribution is 2.18. The Bertz CT molecular complexity index is 756. The molecule has 0 fully saturated rings. The van der Waals surface area contributed by atoms with E-state index in [1.807, 2.05) is 30.3 Å². The molecule has 5 nitrogen and oxygen atoms in total. The molecule has 0 saturated heterocycles. The van der Waals surface area contributed by atoms with Crippen molar-refractivity contribution in [2.24, 2.45) is 4.99 Å². The number of guanidine groups is 1. The molecule has 0 aliphatic carbocycles. The number of nitrogens with zero attached hydrogens (tertiary/aromatic N) is 2. The number of halogens is 1. The van der Waals surface area contributed by atoms with Crippen LogP contribution in [-0.4, -0.2) is 38.7 Å². The minimum absolute atomic E-state index is 0. The molecule has 2 aromatic rings. The third-order valence-electron chi connectivity index (χ3n) is 4.26. The Morgan fingerprint density at radius 2 is 1.82 bits per heavy atom. The smallest absolute Gasteiger partial charge is 0.191 e. The van der Waals surface area contributed by atoms with Gasteiger partial charge in [-0.1, -0.05) is 42.5 Å². The zero-order valence-corrected chi connectivity index (χ0v) is 18.6. The molecule has 1 aliphatic rings. The van der Waals surface area contributed by atoms with Gasteiger partial charge in [0.05, 0.1) is 13.1 Å². The van der Waals surface area contributed by atoms with Crippen molar-refractivity contribution in [1.29, 1.82) is 0 Å². The second-order valence-electron chi connectivity index (χ2n) is 6.33. The normalized spacial score (nSPS) is 13.2. The summed E-state index contributed by atoms with van der Waals surface area (Å²) in [5.41, 5.74) is 2.46. The average Bonchev–Trinajstić information content (AvgIpc) is 3.25. The quantitative estimate of drug-likeness (QED) is 0.194. The monoisotopic (exact) mass is 492 g/mol. The van der Waals surface area contributed by atoms with Gasteiger partial charge in [-0.3, -0.25) is 0 Å². The van der Waals surface area contributed by atoms with Crippen molar-refractivity contribution >= 4 is 35.6 Å². The summed E-state index contributed by atoms with van der Waals surface area (Å²) in [5, 5.41) is 6.61. The molecule has 28 heavy (non-hydrogen) atoms. The molecule has 1 aliphatic heterocycles. The fourth-order valence-electron chi connectivity index (χ4n) is 2.91. The van der Waals surface area contributed by atoms with Crippen molar-refractivity contribution in [1.82, 2.24) is 10.6 Å². The molecule has 6 heteroatoms. The molecule has 0 spiro atoms. The summed E-state index contributed by atoms with van der Waals surface area (Å²) in [6.07, 6.45) is 4.41. The Labute approximate surface area is 184 Å². The van der Waals surface area contributed by atoms with Crippen molar-refractivity contribution in [3.8, 4) is 5.75 Å².